The molecule has 19 heavy (non-hydrogen) atoms. The third kappa shape index (κ3) is 1.56. The van der Waals surface area contributed by atoms with Crippen LogP contribution in [0, 0.1) is 5.92 Å². The number of fused-ring (bicyclic) bond motifs is 5. The molecule has 4 atom stereocenters. The number of nitrogens with zero attached hydrogens (tertiary/aromatic N) is 2. The summed E-state index contributed by atoms with van der Waals surface area (Å²) in [5.74, 6) is 0.00478. The Morgan fingerprint density at radius 3 is 2.95 bits per heavy atom. The van der Waals surface area contributed by atoms with E-state index >= 15 is 0 Å². The van der Waals surface area contributed by atoms with Crippen LogP contribution in [0.15, 0.2) is 35.5 Å². The van der Waals surface area contributed by atoms with E-state index in [0.717, 1.165) is 11.0 Å². The largest absolute Gasteiger partial charge is 0.388 e. The zero-order valence-corrected chi connectivity index (χ0v) is 11.5. The van der Waals surface area contributed by atoms with Crippen LogP contribution < -0.4 is 0 Å². The minimum atomic E-state index is -0.0984. The highest BCUT2D eigenvalue weighted by atomic mass is 79.9. The molecule has 1 aromatic carbocycles. The molecule has 2 heterocycles. The Hall–Kier alpha value is -1.40. The molecule has 4 rings (SSSR count). The first kappa shape index (κ1) is 11.4. The summed E-state index contributed by atoms with van der Waals surface area (Å²) in [5.41, 5.74) is 0.638. The van der Waals surface area contributed by atoms with E-state index in [1.807, 2.05) is 18.2 Å². The molecule has 0 spiro atoms. The highest BCUT2D eigenvalue weighted by Gasteiger charge is 2.60. The molecule has 98 valence electrons. The van der Waals surface area contributed by atoms with E-state index in [1.165, 1.54) is 5.06 Å². The van der Waals surface area contributed by atoms with E-state index < -0.39 is 0 Å². The van der Waals surface area contributed by atoms with Gasteiger partial charge in [0, 0.05) is 12.0 Å². The Balaban J connectivity index is 1.62. The number of hydroxylamine groups is 2. The van der Waals surface area contributed by atoms with Gasteiger partial charge in [0.2, 0.25) is 0 Å². The fraction of sp³-hybridized carbons (Fsp3) is 0.385. The van der Waals surface area contributed by atoms with Gasteiger partial charge < -0.3 is 4.84 Å². The smallest absolute Gasteiger partial charge is 0.277 e. The second-order valence-corrected chi connectivity index (χ2v) is 5.77. The van der Waals surface area contributed by atoms with Crippen molar-refractivity contribution in [1.29, 1.82) is 0 Å². The normalized spacial score (nSPS) is 35.0. The average molecular weight is 323 g/mol. The number of oxime groups is 1. The van der Waals surface area contributed by atoms with Gasteiger partial charge in [0.1, 0.15) is 10.7 Å². The second-order valence-electron chi connectivity index (χ2n) is 4.95. The molecule has 1 saturated heterocycles. The van der Waals surface area contributed by atoms with Gasteiger partial charge in [0.25, 0.3) is 5.91 Å². The van der Waals surface area contributed by atoms with Crippen LogP contribution in [0.3, 0.4) is 0 Å². The lowest BCUT2D eigenvalue weighted by molar-refractivity contribution is -0.196. The molecule has 0 unspecified atom stereocenters. The van der Waals surface area contributed by atoms with Crippen molar-refractivity contribution in [3.8, 4) is 0 Å². The van der Waals surface area contributed by atoms with Crippen LogP contribution >= 0.6 is 15.9 Å². The van der Waals surface area contributed by atoms with E-state index in [4.69, 9.17) is 9.68 Å². The SMILES string of the molecule is O=C(c1ccccc1)N1O[C@H]2C[C@@H]1[C@@H]1C(Br)=NO[C@@H]12. The minimum absolute atomic E-state index is 0.00308. The Kier molecular flexibility index (Phi) is 2.43. The Bertz CT molecular complexity index is 562. The van der Waals surface area contributed by atoms with Gasteiger partial charge in [-0.15, -0.1) is 0 Å². The molecule has 1 aliphatic carbocycles. The van der Waals surface area contributed by atoms with Gasteiger partial charge in [-0.25, -0.2) is 5.06 Å². The molecule has 1 aromatic rings. The monoisotopic (exact) mass is 322 g/mol. The van der Waals surface area contributed by atoms with Gasteiger partial charge >= 0.3 is 0 Å². The van der Waals surface area contributed by atoms with Crippen molar-refractivity contribution < 1.29 is 14.5 Å². The maximum absolute atomic E-state index is 12.4. The summed E-state index contributed by atoms with van der Waals surface area (Å²) in [6.45, 7) is 0. The van der Waals surface area contributed by atoms with Crippen LogP contribution in [0.5, 0.6) is 0 Å². The van der Waals surface area contributed by atoms with Gasteiger partial charge in [0.15, 0.2) is 6.10 Å². The summed E-state index contributed by atoms with van der Waals surface area (Å²) in [5, 5.41) is 5.44. The zero-order valence-electron chi connectivity index (χ0n) is 9.90. The van der Waals surface area contributed by atoms with Crippen molar-refractivity contribution in [1.82, 2.24) is 5.06 Å². The van der Waals surface area contributed by atoms with Gasteiger partial charge in [-0.1, -0.05) is 23.4 Å². The van der Waals surface area contributed by atoms with E-state index in [9.17, 15) is 4.79 Å². The first-order valence-corrected chi connectivity index (χ1v) is 6.99. The molecule has 2 aliphatic heterocycles. The fourth-order valence-corrected chi connectivity index (χ4v) is 3.69. The van der Waals surface area contributed by atoms with E-state index in [0.29, 0.717) is 5.56 Å². The zero-order chi connectivity index (χ0) is 13.0. The maximum atomic E-state index is 12.4. The number of benzene rings is 1. The Morgan fingerprint density at radius 2 is 2.16 bits per heavy atom. The van der Waals surface area contributed by atoms with Crippen molar-refractivity contribution in [3.63, 3.8) is 0 Å². The average Bonchev–Trinajstić information content (AvgIpc) is 3.11. The molecule has 0 aromatic heterocycles. The van der Waals surface area contributed by atoms with Crippen molar-refractivity contribution in [2.24, 2.45) is 11.1 Å². The quantitative estimate of drug-likeness (QED) is 0.794. The van der Waals surface area contributed by atoms with Crippen LogP contribution in [0.1, 0.15) is 16.8 Å². The van der Waals surface area contributed by atoms with Gasteiger partial charge in [-0.2, -0.15) is 0 Å². The maximum Gasteiger partial charge on any atom is 0.277 e. The number of rotatable bonds is 1. The standard InChI is InChI=1S/C13H11BrN2O3/c14-12-10-8-6-9(11(10)18-15-12)19-16(8)13(17)7-4-2-1-3-5-7/h1-5,8-11H,6H2/t8-,9+,10+,11-/m1/s1. The molecule has 2 bridgehead atoms. The van der Waals surface area contributed by atoms with Crippen molar-refractivity contribution >= 4 is 26.5 Å². The highest BCUT2D eigenvalue weighted by molar-refractivity contribution is 9.18. The number of halogens is 1. The number of carbonyl (C=O) groups excluding carboxylic acids is 1. The molecular weight excluding hydrogens is 312 g/mol. The molecule has 2 fully saturated rings. The lowest BCUT2D eigenvalue weighted by Crippen LogP contribution is -2.48. The van der Waals surface area contributed by atoms with Crippen LogP contribution in [0.25, 0.3) is 0 Å². The highest BCUT2D eigenvalue weighted by Crippen LogP contribution is 2.46. The van der Waals surface area contributed by atoms with Crippen molar-refractivity contribution in [3.05, 3.63) is 35.9 Å². The number of amides is 1. The predicted molar refractivity (Wildman–Crippen MR) is 70.6 cm³/mol. The van der Waals surface area contributed by atoms with Crippen LogP contribution in [-0.4, -0.2) is 33.8 Å². The summed E-state index contributed by atoms with van der Waals surface area (Å²) in [4.78, 5) is 23.5. The van der Waals surface area contributed by atoms with Gasteiger partial charge in [0.05, 0.1) is 12.0 Å². The first-order chi connectivity index (χ1) is 9.25. The molecule has 3 aliphatic rings. The van der Waals surface area contributed by atoms with Crippen molar-refractivity contribution in [2.75, 3.05) is 0 Å². The summed E-state index contributed by atoms with van der Waals surface area (Å²) in [7, 11) is 0. The molecule has 1 amide bonds. The predicted octanol–water partition coefficient (Wildman–Crippen LogP) is 1.94. The van der Waals surface area contributed by atoms with Crippen LogP contribution in [0.2, 0.25) is 0 Å². The first-order valence-electron chi connectivity index (χ1n) is 6.20. The van der Waals surface area contributed by atoms with E-state index in [2.05, 4.69) is 21.1 Å². The number of hydrogen-bond donors (Lipinski definition) is 0. The lowest BCUT2D eigenvalue weighted by atomic mass is 10.0. The summed E-state index contributed by atoms with van der Waals surface area (Å²) >= 11 is 3.41. The second kappa shape index (κ2) is 4.05. The van der Waals surface area contributed by atoms with E-state index in [-0.39, 0.29) is 30.1 Å². The summed E-state index contributed by atoms with van der Waals surface area (Å²) in [6.07, 6.45) is 0.666. The van der Waals surface area contributed by atoms with Crippen LogP contribution in [0.4, 0.5) is 0 Å². The lowest BCUT2D eigenvalue weighted by Gasteiger charge is -2.31. The summed E-state index contributed by atoms with van der Waals surface area (Å²) < 4.78 is 0.777. The number of carbonyl (C=O) groups is 1. The summed E-state index contributed by atoms with van der Waals surface area (Å²) in [6, 6.07) is 9.18. The Labute approximate surface area is 118 Å². The Morgan fingerprint density at radius 1 is 1.37 bits per heavy atom. The molecular formula is C13H11BrN2O3. The van der Waals surface area contributed by atoms with Crippen LogP contribution in [-0.2, 0) is 9.68 Å². The third-order valence-electron chi connectivity index (χ3n) is 3.92. The topological polar surface area (TPSA) is 51.1 Å². The van der Waals surface area contributed by atoms with E-state index in [1.54, 1.807) is 12.1 Å². The van der Waals surface area contributed by atoms with Gasteiger partial charge in [-0.05, 0) is 28.1 Å². The molecule has 5 nitrogen and oxygen atoms in total. The molecule has 0 radical (unpaired) electrons. The van der Waals surface area contributed by atoms with Gasteiger partial charge in [-0.3, -0.25) is 9.63 Å². The third-order valence-corrected chi connectivity index (χ3v) is 4.59. The fourth-order valence-electron chi connectivity index (χ4n) is 3.04. The molecule has 1 saturated carbocycles. The van der Waals surface area contributed by atoms with Crippen molar-refractivity contribution in [2.45, 2.75) is 24.7 Å². The molecule has 6 heteroatoms. The number of hydrogen-bond acceptors (Lipinski definition) is 4. The minimum Gasteiger partial charge on any atom is -0.388 e. The molecule has 0 N–H and O–H groups in total.